The highest BCUT2D eigenvalue weighted by Crippen LogP contribution is 2.38. The maximum Gasteiger partial charge on any atom is 0.290 e. The molecule has 0 aliphatic carbocycles. The van der Waals surface area contributed by atoms with E-state index in [0.717, 1.165) is 78.2 Å². The van der Waals surface area contributed by atoms with E-state index in [-0.39, 0.29) is 18.5 Å². The van der Waals surface area contributed by atoms with Crippen LogP contribution in [0.25, 0.3) is 0 Å². The molecule has 2 N–H and O–H groups in total. The Morgan fingerprint density at radius 3 is 1.83 bits per heavy atom. The van der Waals surface area contributed by atoms with Gasteiger partial charge in [-0.2, -0.15) is 0 Å². The highest BCUT2D eigenvalue weighted by molar-refractivity contribution is 5.79. The Hall–Kier alpha value is -1.71. The lowest BCUT2D eigenvalue weighted by atomic mass is 9.83. The molecule has 0 aromatic carbocycles. The third-order valence-corrected chi connectivity index (χ3v) is 6.08. The summed E-state index contributed by atoms with van der Waals surface area (Å²) in [5.74, 6) is 0.339. The summed E-state index contributed by atoms with van der Waals surface area (Å²) in [7, 11) is 2.01. The van der Waals surface area contributed by atoms with Crippen LogP contribution in [-0.2, 0) is 19.1 Å². The fourth-order valence-electron chi connectivity index (χ4n) is 4.67. The van der Waals surface area contributed by atoms with E-state index in [0.29, 0.717) is 11.3 Å². The minimum absolute atomic E-state index is 0.169. The van der Waals surface area contributed by atoms with Crippen LogP contribution < -0.4 is 0 Å². The van der Waals surface area contributed by atoms with Crippen molar-refractivity contribution in [2.45, 2.75) is 45.1 Å². The number of carbonyl (C=O) groups excluding carboxylic acids is 1. The summed E-state index contributed by atoms with van der Waals surface area (Å²) in [6.07, 6.45) is 4.10. The van der Waals surface area contributed by atoms with Crippen molar-refractivity contribution in [2.24, 2.45) is 5.41 Å². The van der Waals surface area contributed by atoms with Crippen LogP contribution in [0.3, 0.4) is 0 Å². The zero-order valence-electron chi connectivity index (χ0n) is 18.0. The van der Waals surface area contributed by atoms with Gasteiger partial charge in [0.1, 0.15) is 0 Å². The van der Waals surface area contributed by atoms with Crippen LogP contribution in [0.4, 0.5) is 0 Å². The molecular weight excluding hydrogens is 378 g/mol. The van der Waals surface area contributed by atoms with Crippen LogP contribution in [0.15, 0.2) is 0 Å². The molecule has 0 atom stereocenters. The van der Waals surface area contributed by atoms with Gasteiger partial charge in [-0.05, 0) is 24.7 Å². The summed E-state index contributed by atoms with van der Waals surface area (Å²) in [4.78, 5) is 35.8. The molecule has 9 nitrogen and oxygen atoms in total. The maximum absolute atomic E-state index is 11.9. The van der Waals surface area contributed by atoms with Crippen molar-refractivity contribution in [1.82, 2.24) is 14.7 Å². The fourth-order valence-corrected chi connectivity index (χ4v) is 4.67. The highest BCUT2D eigenvalue weighted by Gasteiger charge is 2.45. The Kier molecular flexibility index (Phi) is 10.6. The molecule has 0 aromatic heterocycles. The third-order valence-electron chi connectivity index (χ3n) is 6.08. The summed E-state index contributed by atoms with van der Waals surface area (Å²) in [5, 5.41) is 13.8. The van der Waals surface area contributed by atoms with Crippen LogP contribution in [0, 0.1) is 5.41 Å². The second-order valence-corrected chi connectivity index (χ2v) is 8.72. The second kappa shape index (κ2) is 12.1. The van der Waals surface area contributed by atoms with Gasteiger partial charge in [-0.3, -0.25) is 19.3 Å². The Labute approximate surface area is 173 Å². The molecule has 1 amide bonds. The molecule has 3 fully saturated rings. The van der Waals surface area contributed by atoms with Gasteiger partial charge in [0.05, 0.1) is 13.2 Å². The molecule has 29 heavy (non-hydrogen) atoms. The Balaban J connectivity index is 0.000000626. The van der Waals surface area contributed by atoms with E-state index in [4.69, 9.17) is 24.5 Å². The van der Waals surface area contributed by atoms with E-state index in [9.17, 15) is 4.79 Å². The molecular formula is C20H37N3O6. The number of amides is 1. The Bertz CT molecular complexity index is 508. The molecule has 9 heteroatoms. The van der Waals surface area contributed by atoms with Crippen molar-refractivity contribution in [3.63, 3.8) is 0 Å². The second-order valence-electron chi connectivity index (χ2n) is 8.72. The molecule has 0 bridgehead atoms. The van der Waals surface area contributed by atoms with Crippen LogP contribution in [-0.4, -0.2) is 109 Å². The number of hydrogen-bond acceptors (Lipinski definition) is 6. The zero-order chi connectivity index (χ0) is 21.9. The predicted molar refractivity (Wildman–Crippen MR) is 109 cm³/mol. The lowest BCUT2D eigenvalue weighted by molar-refractivity contribution is -0.131. The van der Waals surface area contributed by atoms with Crippen molar-refractivity contribution >= 4 is 18.9 Å². The Morgan fingerprint density at radius 2 is 1.41 bits per heavy atom. The first kappa shape index (κ1) is 25.3. The number of carbonyl (C=O) groups is 3. The van der Waals surface area contributed by atoms with E-state index in [1.54, 1.807) is 0 Å². The fraction of sp³-hybridized carbons (Fsp3) is 0.850. The normalized spacial score (nSPS) is 22.3. The number of ether oxygens (including phenoxy) is 1. The first-order valence-electron chi connectivity index (χ1n) is 10.2. The minimum atomic E-state index is -0.250. The van der Waals surface area contributed by atoms with Crippen LogP contribution in [0.2, 0.25) is 0 Å². The summed E-state index contributed by atoms with van der Waals surface area (Å²) >= 11 is 0. The standard InChI is InChI=1S/C18H33N3O2.2CH2O2/c1-17(2,15-21-10-12-23-13-11-21)14-20-8-6-18(7-9-20)5-4-16(22)19(18)3;2*2-1-3/h4-15H2,1-3H3;2*1H,(H,2,3). The quantitative estimate of drug-likeness (QED) is 0.650. The van der Waals surface area contributed by atoms with E-state index >= 15 is 0 Å². The van der Waals surface area contributed by atoms with Gasteiger partial charge in [-0.25, -0.2) is 0 Å². The van der Waals surface area contributed by atoms with Crippen molar-refractivity contribution < 1.29 is 29.3 Å². The predicted octanol–water partition coefficient (Wildman–Crippen LogP) is 0.833. The van der Waals surface area contributed by atoms with Gasteiger partial charge in [0.15, 0.2) is 0 Å². The maximum atomic E-state index is 11.9. The summed E-state index contributed by atoms with van der Waals surface area (Å²) in [6.45, 7) is 12.7. The number of hydrogen-bond donors (Lipinski definition) is 2. The Morgan fingerprint density at radius 1 is 0.966 bits per heavy atom. The third kappa shape index (κ3) is 7.91. The smallest absolute Gasteiger partial charge is 0.290 e. The SMILES string of the molecule is CN1C(=O)CCC12CCN(CC(C)(C)CN1CCOCC1)CC2.O=CO.O=CO. The molecule has 3 saturated heterocycles. The highest BCUT2D eigenvalue weighted by atomic mass is 16.5. The van der Waals surface area contributed by atoms with Gasteiger partial charge < -0.3 is 24.7 Å². The number of nitrogens with zero attached hydrogens (tertiary/aromatic N) is 3. The molecule has 0 saturated carbocycles. The summed E-state index contributed by atoms with van der Waals surface area (Å²) in [6, 6.07) is 0. The molecule has 0 unspecified atom stereocenters. The van der Waals surface area contributed by atoms with E-state index in [1.165, 1.54) is 0 Å². The van der Waals surface area contributed by atoms with Gasteiger partial charge >= 0.3 is 0 Å². The monoisotopic (exact) mass is 415 g/mol. The molecule has 0 radical (unpaired) electrons. The minimum Gasteiger partial charge on any atom is -0.483 e. The average Bonchev–Trinajstić information content (AvgIpc) is 2.94. The number of rotatable bonds is 4. The van der Waals surface area contributed by atoms with E-state index < -0.39 is 0 Å². The zero-order valence-corrected chi connectivity index (χ0v) is 18.0. The molecule has 1 spiro atoms. The van der Waals surface area contributed by atoms with Crippen molar-refractivity contribution in [2.75, 3.05) is 59.5 Å². The van der Waals surface area contributed by atoms with Crippen molar-refractivity contribution in [1.29, 1.82) is 0 Å². The molecule has 168 valence electrons. The average molecular weight is 416 g/mol. The summed E-state index contributed by atoms with van der Waals surface area (Å²) in [5.41, 5.74) is 0.473. The summed E-state index contributed by atoms with van der Waals surface area (Å²) < 4.78 is 5.45. The lowest BCUT2D eigenvalue weighted by Gasteiger charge is -2.46. The van der Waals surface area contributed by atoms with Crippen LogP contribution in [0.1, 0.15) is 39.5 Å². The molecule has 3 rings (SSSR count). The molecule has 0 aromatic rings. The van der Waals surface area contributed by atoms with E-state index in [1.807, 2.05) is 11.9 Å². The number of piperidine rings is 1. The number of likely N-dealkylation sites (tertiary alicyclic amines) is 2. The van der Waals surface area contributed by atoms with Gasteiger partial charge in [-0.15, -0.1) is 0 Å². The van der Waals surface area contributed by atoms with E-state index in [2.05, 4.69) is 23.6 Å². The number of carboxylic acid groups (broad SMARTS) is 2. The number of morpholine rings is 1. The van der Waals surface area contributed by atoms with Gasteiger partial charge in [0.2, 0.25) is 5.91 Å². The van der Waals surface area contributed by atoms with Gasteiger partial charge in [0, 0.05) is 58.3 Å². The van der Waals surface area contributed by atoms with Crippen molar-refractivity contribution in [3.05, 3.63) is 0 Å². The molecule has 3 aliphatic rings. The molecule has 3 aliphatic heterocycles. The lowest BCUT2D eigenvalue weighted by Crippen LogP contribution is -2.54. The van der Waals surface area contributed by atoms with Gasteiger partial charge in [0.25, 0.3) is 12.9 Å². The van der Waals surface area contributed by atoms with Crippen LogP contribution >= 0.6 is 0 Å². The largest absolute Gasteiger partial charge is 0.483 e. The first-order valence-corrected chi connectivity index (χ1v) is 10.2. The first-order chi connectivity index (χ1) is 13.7. The van der Waals surface area contributed by atoms with Crippen molar-refractivity contribution in [3.8, 4) is 0 Å². The van der Waals surface area contributed by atoms with Crippen LogP contribution in [0.5, 0.6) is 0 Å². The topological polar surface area (TPSA) is 111 Å². The van der Waals surface area contributed by atoms with Gasteiger partial charge in [-0.1, -0.05) is 13.8 Å². The molecule has 3 heterocycles.